The van der Waals surface area contributed by atoms with Crippen molar-refractivity contribution in [3.63, 3.8) is 0 Å². The Labute approximate surface area is 83.9 Å². The van der Waals surface area contributed by atoms with Crippen molar-refractivity contribution in [3.05, 3.63) is 36.2 Å². The minimum Gasteiger partial charge on any atom is -0.327 e. The summed E-state index contributed by atoms with van der Waals surface area (Å²) in [5, 5.41) is 0. The summed E-state index contributed by atoms with van der Waals surface area (Å²) in [6, 6.07) is 8.19. The quantitative estimate of drug-likeness (QED) is 0.669. The molecular weight excluding hydrogens is 172 g/mol. The number of rotatable bonds is 1. The van der Waals surface area contributed by atoms with E-state index in [0.29, 0.717) is 0 Å². The van der Waals surface area contributed by atoms with Gasteiger partial charge in [0.2, 0.25) is 0 Å². The first-order valence-electron chi connectivity index (χ1n) is 4.79. The second-order valence-electron chi connectivity index (χ2n) is 3.45. The van der Waals surface area contributed by atoms with Gasteiger partial charge in [0.15, 0.2) is 0 Å². The molecule has 0 radical (unpaired) electrons. The van der Waals surface area contributed by atoms with Crippen LogP contribution in [0.3, 0.4) is 0 Å². The second-order valence-corrected chi connectivity index (χ2v) is 3.45. The van der Waals surface area contributed by atoms with Crippen molar-refractivity contribution in [1.29, 1.82) is 0 Å². The van der Waals surface area contributed by atoms with Crippen LogP contribution in [0, 0.1) is 0 Å². The van der Waals surface area contributed by atoms with Crippen LogP contribution in [0.2, 0.25) is 0 Å². The molecule has 1 aromatic carbocycles. The predicted octanol–water partition coefficient (Wildman–Crippen LogP) is 3.00. The summed E-state index contributed by atoms with van der Waals surface area (Å²) < 4.78 is 2.13. The monoisotopic (exact) mass is 186 g/mol. The van der Waals surface area contributed by atoms with Gasteiger partial charge in [-0.05, 0) is 31.6 Å². The lowest BCUT2D eigenvalue weighted by molar-refractivity contribution is 0.919. The Bertz CT molecular complexity index is 492. The van der Waals surface area contributed by atoms with Gasteiger partial charge >= 0.3 is 0 Å². The highest BCUT2D eigenvalue weighted by Crippen LogP contribution is 2.19. The molecule has 2 rings (SSSR count). The molecule has 0 amide bonds. The van der Waals surface area contributed by atoms with Crippen LogP contribution in [0.25, 0.3) is 16.6 Å². The molecule has 2 heteroatoms. The summed E-state index contributed by atoms with van der Waals surface area (Å²) in [5.74, 6) is 1.05. The summed E-state index contributed by atoms with van der Waals surface area (Å²) in [6.07, 6.45) is 2.08. The summed E-state index contributed by atoms with van der Waals surface area (Å²) >= 11 is 0. The zero-order chi connectivity index (χ0) is 10.1. The summed E-state index contributed by atoms with van der Waals surface area (Å²) in [4.78, 5) is 4.58. The first-order chi connectivity index (χ1) is 6.74. The lowest BCUT2D eigenvalue weighted by atomic mass is 10.3. The van der Waals surface area contributed by atoms with Crippen molar-refractivity contribution in [3.8, 4) is 0 Å². The van der Waals surface area contributed by atoms with Gasteiger partial charge in [-0.3, -0.25) is 0 Å². The molecule has 0 atom stereocenters. The van der Waals surface area contributed by atoms with Crippen LogP contribution in [0.1, 0.15) is 19.7 Å². The fraction of sp³-hybridized carbons (Fsp3) is 0.250. The van der Waals surface area contributed by atoms with E-state index < -0.39 is 0 Å². The van der Waals surface area contributed by atoms with Gasteiger partial charge in [-0.15, -0.1) is 0 Å². The number of aromatic nitrogens is 2. The normalized spacial score (nSPS) is 12.4. The number of hydrogen-bond donors (Lipinski definition) is 0. The summed E-state index contributed by atoms with van der Waals surface area (Å²) in [5.41, 5.74) is 3.46. The van der Waals surface area contributed by atoms with Gasteiger partial charge in [0.1, 0.15) is 5.82 Å². The standard InChI is InChI=1S/C12H14N2/c1-4-9(2)12-13-10-7-5-6-8-11(10)14(12)3/h4-8H,1-3H3. The molecule has 0 aliphatic rings. The Balaban J connectivity index is 2.75. The number of imidazole rings is 1. The number of benzene rings is 1. The van der Waals surface area contributed by atoms with Crippen molar-refractivity contribution in [2.75, 3.05) is 0 Å². The van der Waals surface area contributed by atoms with Gasteiger partial charge in [-0.1, -0.05) is 18.2 Å². The van der Waals surface area contributed by atoms with Gasteiger partial charge in [0.05, 0.1) is 11.0 Å². The molecule has 1 heterocycles. The van der Waals surface area contributed by atoms with Crippen LogP contribution in [0.5, 0.6) is 0 Å². The second kappa shape index (κ2) is 3.29. The maximum atomic E-state index is 4.58. The minimum absolute atomic E-state index is 1.05. The van der Waals surface area contributed by atoms with E-state index in [9.17, 15) is 0 Å². The fourth-order valence-corrected chi connectivity index (χ4v) is 1.63. The lowest BCUT2D eigenvalue weighted by Crippen LogP contribution is -1.94. The number of nitrogens with zero attached hydrogens (tertiary/aromatic N) is 2. The van der Waals surface area contributed by atoms with Gasteiger partial charge in [-0.2, -0.15) is 0 Å². The summed E-state index contributed by atoms with van der Waals surface area (Å²) in [7, 11) is 2.05. The highest BCUT2D eigenvalue weighted by Gasteiger charge is 2.06. The third-order valence-electron chi connectivity index (χ3n) is 2.57. The van der Waals surface area contributed by atoms with E-state index in [4.69, 9.17) is 0 Å². The number of fused-ring (bicyclic) bond motifs is 1. The van der Waals surface area contributed by atoms with E-state index in [1.807, 2.05) is 25.1 Å². The molecule has 0 saturated heterocycles. The average Bonchev–Trinajstić information content (AvgIpc) is 2.56. The predicted molar refractivity (Wildman–Crippen MR) is 60.0 cm³/mol. The van der Waals surface area contributed by atoms with Crippen LogP contribution < -0.4 is 0 Å². The highest BCUT2D eigenvalue weighted by molar-refractivity contribution is 5.79. The maximum absolute atomic E-state index is 4.58. The molecule has 72 valence electrons. The third kappa shape index (κ3) is 1.23. The fourth-order valence-electron chi connectivity index (χ4n) is 1.63. The molecule has 2 nitrogen and oxygen atoms in total. The van der Waals surface area contributed by atoms with Gasteiger partial charge in [-0.25, -0.2) is 4.98 Å². The minimum atomic E-state index is 1.05. The molecule has 0 N–H and O–H groups in total. The molecule has 0 aliphatic heterocycles. The SMILES string of the molecule is CC=C(C)c1nc2ccccc2n1C. The first kappa shape index (κ1) is 9.00. The number of aryl methyl sites for hydroxylation is 1. The smallest absolute Gasteiger partial charge is 0.136 e. The number of allylic oxidation sites excluding steroid dienone is 2. The zero-order valence-electron chi connectivity index (χ0n) is 8.78. The molecular formula is C12H14N2. The largest absolute Gasteiger partial charge is 0.327 e. The Kier molecular flexibility index (Phi) is 2.12. The van der Waals surface area contributed by atoms with Crippen LogP contribution in [0.15, 0.2) is 30.3 Å². The molecule has 0 bridgehead atoms. The number of hydrogen-bond acceptors (Lipinski definition) is 1. The Morgan fingerprint density at radius 1 is 1.36 bits per heavy atom. The van der Waals surface area contributed by atoms with Crippen molar-refractivity contribution >= 4 is 16.6 Å². The van der Waals surface area contributed by atoms with Gasteiger partial charge in [0.25, 0.3) is 0 Å². The van der Waals surface area contributed by atoms with E-state index >= 15 is 0 Å². The Morgan fingerprint density at radius 3 is 2.71 bits per heavy atom. The van der Waals surface area contributed by atoms with Crippen LogP contribution >= 0.6 is 0 Å². The van der Waals surface area contributed by atoms with Crippen LogP contribution in [0.4, 0.5) is 0 Å². The van der Waals surface area contributed by atoms with Gasteiger partial charge in [0, 0.05) is 7.05 Å². The van der Waals surface area contributed by atoms with E-state index in [1.54, 1.807) is 0 Å². The third-order valence-corrected chi connectivity index (χ3v) is 2.57. The topological polar surface area (TPSA) is 17.8 Å². The van der Waals surface area contributed by atoms with Crippen molar-refractivity contribution in [1.82, 2.24) is 9.55 Å². The zero-order valence-corrected chi connectivity index (χ0v) is 8.78. The molecule has 0 spiro atoms. The van der Waals surface area contributed by atoms with Crippen molar-refractivity contribution in [2.24, 2.45) is 7.05 Å². The maximum Gasteiger partial charge on any atom is 0.136 e. The molecule has 0 unspecified atom stereocenters. The van der Waals surface area contributed by atoms with Crippen molar-refractivity contribution < 1.29 is 0 Å². The Hall–Kier alpha value is -1.57. The van der Waals surface area contributed by atoms with E-state index in [-0.39, 0.29) is 0 Å². The van der Waals surface area contributed by atoms with Crippen molar-refractivity contribution in [2.45, 2.75) is 13.8 Å². The first-order valence-corrected chi connectivity index (χ1v) is 4.79. The summed E-state index contributed by atoms with van der Waals surface area (Å²) in [6.45, 7) is 4.12. The van der Waals surface area contributed by atoms with Crippen LogP contribution in [-0.4, -0.2) is 9.55 Å². The Morgan fingerprint density at radius 2 is 2.07 bits per heavy atom. The molecule has 0 saturated carbocycles. The highest BCUT2D eigenvalue weighted by atomic mass is 15.1. The van der Waals surface area contributed by atoms with E-state index in [2.05, 4.69) is 35.7 Å². The molecule has 14 heavy (non-hydrogen) atoms. The van der Waals surface area contributed by atoms with Gasteiger partial charge < -0.3 is 4.57 Å². The van der Waals surface area contributed by atoms with Crippen LogP contribution in [-0.2, 0) is 7.05 Å². The number of para-hydroxylation sites is 2. The molecule has 0 aliphatic carbocycles. The average molecular weight is 186 g/mol. The lowest BCUT2D eigenvalue weighted by Gasteiger charge is -2.00. The molecule has 2 aromatic rings. The molecule has 1 aromatic heterocycles. The van der Waals surface area contributed by atoms with E-state index in [0.717, 1.165) is 11.3 Å². The van der Waals surface area contributed by atoms with E-state index in [1.165, 1.54) is 11.1 Å². The molecule has 0 fully saturated rings.